The molecule has 448 valence electrons. The number of quaternary nitrogens is 3. The number of fused-ring (bicyclic) bond motifs is 4. The lowest BCUT2D eigenvalue weighted by Gasteiger charge is -2.28. The number of aromatic nitrogens is 12. The number of nitrogen functional groups attached to an aromatic ring is 4. The van der Waals surface area contributed by atoms with Crippen LogP contribution in [0, 0.1) is 0 Å². The summed E-state index contributed by atoms with van der Waals surface area (Å²) >= 11 is 0. The molecule has 0 unspecified atom stereocenters. The quantitative estimate of drug-likeness (QED) is 0.0248. The van der Waals surface area contributed by atoms with Gasteiger partial charge in [0.15, 0.2) is 23.3 Å². The summed E-state index contributed by atoms with van der Waals surface area (Å²) in [7, 11) is 17.2. The fraction of sp³-hybridized carbons (Fsp3) is 0.414. The van der Waals surface area contributed by atoms with Gasteiger partial charge in [-0.1, -0.05) is 24.3 Å². The minimum absolute atomic E-state index is 0.197. The molecule has 0 aliphatic carbocycles. The Bertz CT molecular complexity index is 3470. The zero-order valence-electron chi connectivity index (χ0n) is 50.3. The van der Waals surface area contributed by atoms with Crippen LogP contribution in [0.4, 0.5) is 46.0 Å². The summed E-state index contributed by atoms with van der Waals surface area (Å²) in [5.41, 5.74) is 30.8. The van der Waals surface area contributed by atoms with Crippen LogP contribution in [0.15, 0.2) is 135 Å². The van der Waals surface area contributed by atoms with Gasteiger partial charge in [0, 0.05) is 50.7 Å². The number of H-pyrrole nitrogens is 1. The van der Waals surface area contributed by atoms with Crippen molar-refractivity contribution in [1.82, 2.24) is 48.0 Å². The van der Waals surface area contributed by atoms with Crippen LogP contribution in [0.2, 0.25) is 0 Å². The van der Waals surface area contributed by atoms with Crippen LogP contribution in [0.5, 0.6) is 0 Å². The molecule has 0 aliphatic rings. The van der Waals surface area contributed by atoms with Gasteiger partial charge in [0.2, 0.25) is 12.7 Å². The van der Waals surface area contributed by atoms with Gasteiger partial charge >= 0.3 is 0 Å². The van der Waals surface area contributed by atoms with Crippen LogP contribution in [0.25, 0.3) is 22.1 Å². The third-order valence-corrected chi connectivity index (χ3v) is 13.9. The van der Waals surface area contributed by atoms with Gasteiger partial charge in [-0.3, -0.25) is 4.98 Å². The zero-order valence-corrected chi connectivity index (χ0v) is 50.3. The molecule has 0 fully saturated rings. The number of nitrogens with one attached hydrogen (secondary N) is 5. The van der Waals surface area contributed by atoms with E-state index in [0.717, 1.165) is 148 Å². The SMILES string of the molecule is CC[N+](C)(C)CCNc1nn2ccccc2c1N.C[N+](C)(C)CCCNc1nn2ccccc2c1N.C[N+](C)(CCO)CCNc1nn2ccccc2c1N.C[n+]1ccn(CCCNc2nn3ccccc3c2N)c1.OCC[n+]1cc[nH]c1. The van der Waals surface area contributed by atoms with Crippen LogP contribution >= 0.6 is 0 Å². The van der Waals surface area contributed by atoms with Crippen molar-refractivity contribution in [2.75, 3.05) is 166 Å². The number of aryl methyl sites for hydroxylation is 2. The highest BCUT2D eigenvalue weighted by molar-refractivity contribution is 5.82. The number of likely N-dealkylation sites (N-methyl/N-ethyl adjacent to an activating group) is 2. The van der Waals surface area contributed by atoms with E-state index in [4.69, 9.17) is 33.1 Å². The summed E-state index contributed by atoms with van der Waals surface area (Å²) in [6.07, 6.45) is 21.4. The van der Waals surface area contributed by atoms with Crippen LogP contribution in [0.3, 0.4) is 0 Å². The molecule has 0 aliphatic heterocycles. The predicted octanol–water partition coefficient (Wildman–Crippen LogP) is 3.59. The maximum atomic E-state index is 8.99. The van der Waals surface area contributed by atoms with Crippen molar-refractivity contribution in [2.24, 2.45) is 7.05 Å². The van der Waals surface area contributed by atoms with Gasteiger partial charge in [0.05, 0.1) is 137 Å². The van der Waals surface area contributed by atoms with Gasteiger partial charge in [-0.25, -0.2) is 31.8 Å². The molecule has 15 N–H and O–H groups in total. The van der Waals surface area contributed by atoms with Gasteiger partial charge in [0.25, 0.3) is 0 Å². The average molecular weight is 1150 g/mol. The number of imidazole rings is 2. The summed E-state index contributed by atoms with van der Waals surface area (Å²) in [4.78, 5) is 2.87. The molecule has 0 saturated carbocycles. The summed E-state index contributed by atoms with van der Waals surface area (Å²) in [5, 5.41) is 48.3. The van der Waals surface area contributed by atoms with Crippen molar-refractivity contribution in [1.29, 1.82) is 0 Å². The number of aromatic amines is 1. The first kappa shape index (κ1) is 63.6. The van der Waals surface area contributed by atoms with Crippen LogP contribution in [-0.2, 0) is 20.1 Å². The van der Waals surface area contributed by atoms with Crippen molar-refractivity contribution in [3.63, 3.8) is 0 Å². The van der Waals surface area contributed by atoms with E-state index >= 15 is 0 Å². The van der Waals surface area contributed by atoms with Crippen molar-refractivity contribution in [3.8, 4) is 0 Å². The highest BCUT2D eigenvalue weighted by Gasteiger charge is 2.17. The molecule has 10 aromatic heterocycles. The number of hydrogen-bond donors (Lipinski definition) is 11. The zero-order chi connectivity index (χ0) is 60.0. The van der Waals surface area contributed by atoms with Crippen LogP contribution < -0.4 is 53.3 Å². The molecule has 25 nitrogen and oxygen atoms in total. The van der Waals surface area contributed by atoms with E-state index in [1.165, 1.54) is 0 Å². The lowest BCUT2D eigenvalue weighted by atomic mass is 10.3. The smallest absolute Gasteiger partial charge is 0.243 e. The van der Waals surface area contributed by atoms with E-state index in [0.29, 0.717) is 17.9 Å². The number of aliphatic hydroxyl groups is 2. The first-order valence-corrected chi connectivity index (χ1v) is 28.3. The molecule has 10 heterocycles. The first-order chi connectivity index (χ1) is 39.7. The molecule has 0 amide bonds. The molecule has 25 heteroatoms. The van der Waals surface area contributed by atoms with E-state index in [1.807, 2.05) is 132 Å². The maximum Gasteiger partial charge on any atom is 0.243 e. The summed E-state index contributed by atoms with van der Waals surface area (Å²) < 4.78 is 16.0. The second-order valence-corrected chi connectivity index (χ2v) is 22.6. The van der Waals surface area contributed by atoms with E-state index in [1.54, 1.807) is 24.4 Å². The molecule has 0 radical (unpaired) electrons. The monoisotopic (exact) mass is 1140 g/mol. The van der Waals surface area contributed by atoms with Crippen LogP contribution in [0.1, 0.15) is 19.8 Å². The van der Waals surface area contributed by atoms with Crippen molar-refractivity contribution in [3.05, 3.63) is 135 Å². The number of nitrogens with zero attached hydrogens (tertiary/aromatic N) is 14. The van der Waals surface area contributed by atoms with Gasteiger partial charge in [-0.2, -0.15) is 0 Å². The number of nitrogens with two attached hydrogens (primary N) is 4. The molecule has 10 rings (SSSR count). The Labute approximate surface area is 487 Å². The molecular formula is C58H94N23O2+5. The van der Waals surface area contributed by atoms with Gasteiger partial charge in [0.1, 0.15) is 60.6 Å². The largest absolute Gasteiger partial charge is 0.394 e. The molecule has 0 spiro atoms. The Morgan fingerprint density at radius 2 is 0.940 bits per heavy atom. The lowest BCUT2D eigenvalue weighted by Crippen LogP contribution is -2.45. The second-order valence-electron chi connectivity index (χ2n) is 22.6. The normalized spacial score (nSPS) is 11.5. The number of rotatable bonds is 23. The molecule has 0 aromatic carbocycles. The number of aliphatic hydroxyl groups excluding tert-OH is 2. The first-order valence-electron chi connectivity index (χ1n) is 28.3. The minimum atomic E-state index is 0.197. The number of hydrogen-bond acceptors (Lipinski definition) is 14. The summed E-state index contributed by atoms with van der Waals surface area (Å²) in [6, 6.07) is 23.4. The number of pyridine rings is 4. The summed E-state index contributed by atoms with van der Waals surface area (Å²) in [6.45, 7) is 12.5. The third kappa shape index (κ3) is 19.5. The predicted molar refractivity (Wildman–Crippen MR) is 335 cm³/mol. The van der Waals surface area contributed by atoms with Crippen molar-refractivity contribution >= 4 is 68.1 Å². The summed E-state index contributed by atoms with van der Waals surface area (Å²) in [5.74, 6) is 3.03. The Kier molecular flexibility index (Phi) is 23.3. The fourth-order valence-electron chi connectivity index (χ4n) is 8.53. The maximum absolute atomic E-state index is 8.99. The van der Waals surface area contributed by atoms with Gasteiger partial charge in [-0.15, -0.1) is 20.4 Å². The minimum Gasteiger partial charge on any atom is -0.394 e. The molecular weight excluding hydrogens is 1050 g/mol. The van der Waals surface area contributed by atoms with Crippen LogP contribution in [-0.4, -0.2) is 193 Å². The van der Waals surface area contributed by atoms with E-state index < -0.39 is 0 Å². The van der Waals surface area contributed by atoms with E-state index in [9.17, 15) is 0 Å². The Balaban J connectivity index is 0.000000170. The molecule has 0 saturated heterocycles. The van der Waals surface area contributed by atoms with Crippen molar-refractivity contribution < 1.29 is 32.8 Å². The number of anilines is 8. The van der Waals surface area contributed by atoms with E-state index in [-0.39, 0.29) is 13.2 Å². The highest BCUT2D eigenvalue weighted by atomic mass is 16.3. The Morgan fingerprint density at radius 3 is 1.29 bits per heavy atom. The molecule has 0 atom stereocenters. The standard InChI is InChI=1S/C14H19N6.C13H22N5O.2C13H22N5.C5H8N2O/c1-18-9-10-19(11-18)7-4-6-16-14-13(15)12-5-2-3-8-20(12)17-14;1-18(2,9-10-19)8-6-15-13-12(14)11-5-3-4-7-17(11)16-13;1-18(2,3)10-6-8-15-13-12(14)11-7-4-5-9-17(11)16-13;1-4-18(2,3)10-8-15-13-12(14)11-7-5-6-9-17(11)16-13;8-4-3-7-2-1-6-5-7/h2-3,5,8-11H,4,6-7,15H2,1H3,(H,16,17);3-5,7,19H,6,8-10,14H2,1-2H3,(H,15,16);4-5,7,9H,6,8,10,14H2,1-3H3,(H,15,16);5-7,9H,4,8,10,14H2,1-3H3,(H,15,16);1-2,5,8H,3-4H2/q4*+1;/p+1. The van der Waals surface area contributed by atoms with Gasteiger partial charge in [-0.05, 0) is 55.5 Å². The Morgan fingerprint density at radius 1 is 0.518 bits per heavy atom. The fourth-order valence-corrected chi connectivity index (χ4v) is 8.53. The Hall–Kier alpha value is -8.62. The lowest BCUT2D eigenvalue weighted by molar-refractivity contribution is -0.888. The molecule has 10 aromatic rings. The topological polar surface area (TPSA) is 290 Å². The average Bonchev–Trinajstić information content (AvgIpc) is 4.53. The molecule has 83 heavy (non-hydrogen) atoms. The third-order valence-electron chi connectivity index (χ3n) is 13.9. The van der Waals surface area contributed by atoms with Crippen molar-refractivity contribution in [2.45, 2.75) is 32.9 Å². The molecule has 0 bridgehead atoms. The van der Waals surface area contributed by atoms with E-state index in [2.05, 4.69) is 120 Å². The highest BCUT2D eigenvalue weighted by Crippen LogP contribution is 2.25. The second kappa shape index (κ2) is 30.4. The van der Waals surface area contributed by atoms with Gasteiger partial charge < -0.3 is 67.9 Å².